The first-order chi connectivity index (χ1) is 14.2. The van der Waals surface area contributed by atoms with Gasteiger partial charge >= 0.3 is 5.97 Å². The van der Waals surface area contributed by atoms with Gasteiger partial charge in [-0.15, -0.1) is 0 Å². The lowest BCUT2D eigenvalue weighted by molar-refractivity contribution is 0.0600. The molecular weight excluding hydrogens is 368 g/mol. The standard InChI is InChI=1S/C22H22N4O3/c1-29-21(28)17-9-11-18(12-10-17)25-22-24-15-13-19(26-22)20(27)23-14-5-8-16-6-3-2-4-7-16/h2-4,6-7,9-13,15H,5,8,14H2,1H3,(H,23,27)(H,24,25,26). The molecule has 1 heterocycles. The molecule has 0 fully saturated rings. The highest BCUT2D eigenvalue weighted by Gasteiger charge is 2.09. The second kappa shape index (κ2) is 9.98. The highest BCUT2D eigenvalue weighted by Crippen LogP contribution is 2.14. The summed E-state index contributed by atoms with van der Waals surface area (Å²) >= 11 is 0. The van der Waals surface area contributed by atoms with Gasteiger partial charge in [0.25, 0.3) is 5.91 Å². The normalized spacial score (nSPS) is 10.2. The number of ether oxygens (including phenoxy) is 1. The molecule has 148 valence electrons. The van der Waals surface area contributed by atoms with E-state index in [1.54, 1.807) is 30.3 Å². The molecule has 0 saturated carbocycles. The molecule has 29 heavy (non-hydrogen) atoms. The van der Waals surface area contributed by atoms with Crippen molar-refractivity contribution in [1.29, 1.82) is 0 Å². The van der Waals surface area contributed by atoms with Gasteiger partial charge in [-0.25, -0.2) is 14.8 Å². The van der Waals surface area contributed by atoms with Gasteiger partial charge in [-0.2, -0.15) is 0 Å². The average Bonchev–Trinajstić information content (AvgIpc) is 2.77. The van der Waals surface area contributed by atoms with Crippen molar-refractivity contribution in [3.05, 3.63) is 83.7 Å². The zero-order valence-corrected chi connectivity index (χ0v) is 16.1. The van der Waals surface area contributed by atoms with Gasteiger partial charge < -0.3 is 15.4 Å². The molecule has 7 nitrogen and oxygen atoms in total. The Balaban J connectivity index is 1.53. The Hall–Kier alpha value is -3.74. The molecule has 0 aliphatic heterocycles. The summed E-state index contributed by atoms with van der Waals surface area (Å²) in [5, 5.41) is 5.90. The highest BCUT2D eigenvalue weighted by molar-refractivity contribution is 5.92. The van der Waals surface area contributed by atoms with Gasteiger partial charge in [-0.1, -0.05) is 30.3 Å². The van der Waals surface area contributed by atoms with Gasteiger partial charge in [0.05, 0.1) is 12.7 Å². The Morgan fingerprint density at radius 2 is 1.76 bits per heavy atom. The summed E-state index contributed by atoms with van der Waals surface area (Å²) in [6.45, 7) is 0.565. The van der Waals surface area contributed by atoms with E-state index >= 15 is 0 Å². The molecule has 2 aromatic carbocycles. The van der Waals surface area contributed by atoms with Gasteiger partial charge in [0, 0.05) is 18.4 Å². The largest absolute Gasteiger partial charge is 0.465 e. The Kier molecular flexibility index (Phi) is 6.89. The predicted octanol–water partition coefficient (Wildman–Crippen LogP) is 3.37. The summed E-state index contributed by atoms with van der Waals surface area (Å²) in [5.41, 5.74) is 2.67. The summed E-state index contributed by atoms with van der Waals surface area (Å²) in [7, 11) is 1.33. The third-order valence-corrected chi connectivity index (χ3v) is 4.22. The van der Waals surface area contributed by atoms with Crippen molar-refractivity contribution in [3.8, 4) is 0 Å². The molecule has 0 aliphatic rings. The van der Waals surface area contributed by atoms with E-state index in [1.165, 1.54) is 18.9 Å². The van der Waals surface area contributed by atoms with E-state index in [-0.39, 0.29) is 11.6 Å². The van der Waals surface area contributed by atoms with E-state index in [9.17, 15) is 9.59 Å². The molecule has 0 aliphatic carbocycles. The topological polar surface area (TPSA) is 93.2 Å². The van der Waals surface area contributed by atoms with Gasteiger partial charge in [0.15, 0.2) is 0 Å². The maximum Gasteiger partial charge on any atom is 0.337 e. The Morgan fingerprint density at radius 1 is 1.00 bits per heavy atom. The number of anilines is 2. The number of hydrogen-bond acceptors (Lipinski definition) is 6. The molecule has 1 amide bonds. The maximum absolute atomic E-state index is 12.3. The van der Waals surface area contributed by atoms with Gasteiger partial charge in [0.1, 0.15) is 5.69 Å². The average molecular weight is 390 g/mol. The van der Waals surface area contributed by atoms with E-state index < -0.39 is 5.97 Å². The van der Waals surface area contributed by atoms with Crippen molar-refractivity contribution < 1.29 is 14.3 Å². The number of methoxy groups -OCH3 is 1. The number of hydrogen-bond donors (Lipinski definition) is 2. The third kappa shape index (κ3) is 5.87. The van der Waals surface area contributed by atoms with Crippen LogP contribution in [0.4, 0.5) is 11.6 Å². The van der Waals surface area contributed by atoms with Crippen LogP contribution in [0.25, 0.3) is 0 Å². The van der Waals surface area contributed by atoms with Crippen LogP contribution in [0.1, 0.15) is 32.8 Å². The SMILES string of the molecule is COC(=O)c1ccc(Nc2nccc(C(=O)NCCCc3ccccc3)n2)cc1. The molecule has 0 bridgehead atoms. The highest BCUT2D eigenvalue weighted by atomic mass is 16.5. The number of carbonyl (C=O) groups is 2. The van der Waals surface area contributed by atoms with Crippen molar-refractivity contribution in [2.45, 2.75) is 12.8 Å². The minimum atomic E-state index is -0.404. The summed E-state index contributed by atoms with van der Waals surface area (Å²) in [6.07, 6.45) is 3.27. The summed E-state index contributed by atoms with van der Waals surface area (Å²) in [5.74, 6) is -0.351. The zero-order chi connectivity index (χ0) is 20.5. The van der Waals surface area contributed by atoms with Crippen LogP contribution in [0.3, 0.4) is 0 Å². The molecule has 1 aromatic heterocycles. The summed E-state index contributed by atoms with van der Waals surface area (Å²) in [4.78, 5) is 32.2. The van der Waals surface area contributed by atoms with Crippen molar-refractivity contribution >= 4 is 23.5 Å². The lowest BCUT2D eigenvalue weighted by Gasteiger charge is -2.08. The van der Waals surface area contributed by atoms with Crippen molar-refractivity contribution in [2.75, 3.05) is 19.0 Å². The fourth-order valence-electron chi connectivity index (χ4n) is 2.71. The summed E-state index contributed by atoms with van der Waals surface area (Å²) in [6, 6.07) is 18.4. The van der Waals surface area contributed by atoms with Gasteiger partial charge in [-0.05, 0) is 48.7 Å². The monoisotopic (exact) mass is 390 g/mol. The number of nitrogens with zero attached hydrogens (tertiary/aromatic N) is 2. The zero-order valence-electron chi connectivity index (χ0n) is 16.1. The first-order valence-electron chi connectivity index (χ1n) is 9.26. The Labute approximate surface area is 169 Å². The third-order valence-electron chi connectivity index (χ3n) is 4.22. The first-order valence-corrected chi connectivity index (χ1v) is 9.26. The molecule has 0 spiro atoms. The number of rotatable bonds is 8. The van der Waals surface area contributed by atoms with Crippen molar-refractivity contribution in [2.24, 2.45) is 0 Å². The van der Waals surface area contributed by atoms with E-state index in [4.69, 9.17) is 0 Å². The lowest BCUT2D eigenvalue weighted by Crippen LogP contribution is -2.26. The summed E-state index contributed by atoms with van der Waals surface area (Å²) < 4.78 is 4.67. The van der Waals surface area contributed by atoms with Crippen LogP contribution < -0.4 is 10.6 Å². The van der Waals surface area contributed by atoms with E-state index in [0.717, 1.165) is 12.8 Å². The fraction of sp³-hybridized carbons (Fsp3) is 0.182. The number of benzene rings is 2. The smallest absolute Gasteiger partial charge is 0.337 e. The number of aromatic nitrogens is 2. The molecule has 2 N–H and O–H groups in total. The molecule has 3 rings (SSSR count). The molecule has 0 radical (unpaired) electrons. The maximum atomic E-state index is 12.3. The Morgan fingerprint density at radius 3 is 2.48 bits per heavy atom. The minimum absolute atomic E-state index is 0.246. The van der Waals surface area contributed by atoms with Crippen LogP contribution in [0.5, 0.6) is 0 Å². The molecule has 0 saturated heterocycles. The number of esters is 1. The van der Waals surface area contributed by atoms with Crippen LogP contribution in [0.15, 0.2) is 66.9 Å². The minimum Gasteiger partial charge on any atom is -0.465 e. The van der Waals surface area contributed by atoms with Crippen molar-refractivity contribution in [1.82, 2.24) is 15.3 Å². The quantitative estimate of drug-likeness (QED) is 0.452. The molecule has 3 aromatic rings. The van der Waals surface area contributed by atoms with E-state index in [1.807, 2.05) is 18.2 Å². The molecule has 0 atom stereocenters. The number of amides is 1. The van der Waals surface area contributed by atoms with Crippen LogP contribution in [-0.2, 0) is 11.2 Å². The molecular formula is C22H22N4O3. The lowest BCUT2D eigenvalue weighted by atomic mass is 10.1. The van der Waals surface area contributed by atoms with E-state index in [0.29, 0.717) is 23.7 Å². The Bertz CT molecular complexity index is 959. The van der Waals surface area contributed by atoms with Crippen LogP contribution in [0.2, 0.25) is 0 Å². The number of carbonyl (C=O) groups excluding carboxylic acids is 2. The first kappa shape index (κ1) is 20.0. The van der Waals surface area contributed by atoms with Gasteiger partial charge in [0.2, 0.25) is 5.95 Å². The van der Waals surface area contributed by atoms with Crippen LogP contribution in [0, 0.1) is 0 Å². The van der Waals surface area contributed by atoms with Gasteiger partial charge in [-0.3, -0.25) is 4.79 Å². The second-order valence-corrected chi connectivity index (χ2v) is 6.30. The fourth-order valence-corrected chi connectivity index (χ4v) is 2.71. The number of aryl methyl sites for hydroxylation is 1. The van der Waals surface area contributed by atoms with Crippen molar-refractivity contribution in [3.63, 3.8) is 0 Å². The second-order valence-electron chi connectivity index (χ2n) is 6.30. The van der Waals surface area contributed by atoms with Crippen LogP contribution in [-0.4, -0.2) is 35.5 Å². The van der Waals surface area contributed by atoms with Crippen LogP contribution >= 0.6 is 0 Å². The number of nitrogens with one attached hydrogen (secondary N) is 2. The van der Waals surface area contributed by atoms with E-state index in [2.05, 4.69) is 37.5 Å². The molecule has 0 unspecified atom stereocenters. The predicted molar refractivity (Wildman–Crippen MR) is 110 cm³/mol. The molecule has 7 heteroatoms.